The number of para-hydroxylation sites is 1. The second kappa shape index (κ2) is 19.6. The zero-order valence-corrected chi connectivity index (χ0v) is 36.8. The Morgan fingerprint density at radius 2 is 1.74 bits per heavy atom. The van der Waals surface area contributed by atoms with Crippen LogP contribution in [0.3, 0.4) is 0 Å². The van der Waals surface area contributed by atoms with E-state index in [1.807, 2.05) is 80.5 Å². The van der Waals surface area contributed by atoms with Crippen LogP contribution in [0.15, 0.2) is 72.5 Å². The van der Waals surface area contributed by atoms with Gasteiger partial charge in [0.05, 0.1) is 40.1 Å². The van der Waals surface area contributed by atoms with Gasteiger partial charge in [-0.3, -0.25) is 19.1 Å². The van der Waals surface area contributed by atoms with Crippen molar-refractivity contribution in [3.8, 4) is 38.6 Å². The van der Waals surface area contributed by atoms with Crippen LogP contribution in [0.25, 0.3) is 32.8 Å². The number of β-amino-alcohol motifs (C(OH)–C–C–N with tert-alkyl or cyclic N) is 1. The molecule has 0 unspecified atom stereocenters. The van der Waals surface area contributed by atoms with Gasteiger partial charge in [-0.1, -0.05) is 63.6 Å². The molecular weight excluding hydrogens is 805 g/mol. The minimum atomic E-state index is -0.856. The number of likely N-dealkylation sites (tertiary alicyclic amines) is 2. The molecule has 2 aromatic carbocycles. The Labute approximate surface area is 366 Å². The Balaban J connectivity index is 0.836. The number of carbonyl (C=O) groups excluding carboxylic acids is 3. The second-order valence-corrected chi connectivity index (χ2v) is 18.4. The van der Waals surface area contributed by atoms with Gasteiger partial charge in [0, 0.05) is 61.9 Å². The van der Waals surface area contributed by atoms with Crippen molar-refractivity contribution in [2.45, 2.75) is 103 Å². The van der Waals surface area contributed by atoms with Gasteiger partial charge in [-0.25, -0.2) is 4.98 Å². The lowest BCUT2D eigenvalue weighted by molar-refractivity contribution is -0.144. The van der Waals surface area contributed by atoms with E-state index in [0.717, 1.165) is 72.6 Å². The molecule has 0 radical (unpaired) electrons. The highest BCUT2D eigenvalue weighted by Gasteiger charge is 2.44. The number of rotatable bonds is 15. The number of carbonyl (C=O) groups is 3. The number of aryl methyl sites for hydroxylation is 1. The van der Waals surface area contributed by atoms with Gasteiger partial charge in [0.25, 0.3) is 0 Å². The summed E-state index contributed by atoms with van der Waals surface area (Å²) in [6.07, 6.45) is 7.84. The molecule has 0 bridgehead atoms. The van der Waals surface area contributed by atoms with Gasteiger partial charge in [0.2, 0.25) is 17.7 Å². The monoisotopic (exact) mass is 862 g/mol. The van der Waals surface area contributed by atoms with Crippen LogP contribution in [0.2, 0.25) is 0 Å². The maximum Gasteiger partial charge on any atom is 0.246 e. The predicted molar refractivity (Wildman–Crippen MR) is 240 cm³/mol. The summed E-state index contributed by atoms with van der Waals surface area (Å²) in [5, 5.41) is 39.9. The number of phenols is 1. The second-order valence-electron chi connectivity index (χ2n) is 17.6. The van der Waals surface area contributed by atoms with E-state index in [1.54, 1.807) is 35.7 Å². The number of nitrogens with zero attached hydrogens (tertiary/aromatic N) is 7. The average Bonchev–Trinajstić information content (AvgIpc) is 4.02. The highest BCUT2D eigenvalue weighted by Crippen LogP contribution is 2.34. The number of hydrogen-bond acceptors (Lipinski definition) is 12. The van der Waals surface area contributed by atoms with Gasteiger partial charge < -0.3 is 36.4 Å². The molecule has 0 aliphatic carbocycles. The number of hydrogen-bond donors (Lipinski definition) is 5. The van der Waals surface area contributed by atoms with E-state index >= 15 is 0 Å². The number of aliphatic hydroxyl groups is 1. The number of aromatic hydroxyl groups is 1. The molecule has 5 heterocycles. The van der Waals surface area contributed by atoms with Crippen molar-refractivity contribution in [3.05, 3.63) is 83.8 Å². The summed E-state index contributed by atoms with van der Waals surface area (Å²) in [5.41, 5.74) is 13.1. The number of nitrogens with two attached hydrogens (primary N) is 1. The molecule has 3 atom stereocenters. The van der Waals surface area contributed by atoms with E-state index in [2.05, 4.69) is 35.8 Å². The Morgan fingerprint density at radius 1 is 0.984 bits per heavy atom. The van der Waals surface area contributed by atoms with Crippen LogP contribution >= 0.6 is 11.3 Å². The number of piperidine rings is 1. The number of unbranched alkanes of at least 4 members (excludes halogenated alkanes) is 2. The maximum atomic E-state index is 14.0. The fourth-order valence-corrected chi connectivity index (χ4v) is 9.16. The summed E-state index contributed by atoms with van der Waals surface area (Å²) < 4.78 is 2.01. The number of aromatic nitrogens is 5. The molecule has 6 N–H and O–H groups in total. The normalized spacial score (nSPS) is 17.9. The van der Waals surface area contributed by atoms with Crippen LogP contribution in [-0.2, 0) is 20.9 Å². The summed E-state index contributed by atoms with van der Waals surface area (Å²) in [6, 6.07) is 15.3. The molecule has 2 aliphatic heterocycles. The summed E-state index contributed by atoms with van der Waals surface area (Å²) in [6.45, 7) is 10.8. The number of nitrogen functional groups attached to an aromatic ring is 1. The van der Waals surface area contributed by atoms with E-state index in [9.17, 15) is 24.6 Å². The fraction of sp³-hybridized carbons (Fsp3) is 0.457. The molecular formula is C46H58N10O5S. The number of phenolic OH excluding ortho intramolecular Hbond substituents is 1. The molecule has 2 saturated heterocycles. The van der Waals surface area contributed by atoms with E-state index in [-0.39, 0.29) is 49.0 Å². The molecule has 15 nitrogen and oxygen atoms in total. The first kappa shape index (κ1) is 44.3. The number of amides is 3. The van der Waals surface area contributed by atoms with Crippen molar-refractivity contribution < 1.29 is 24.6 Å². The first-order valence-electron chi connectivity index (χ1n) is 21.5. The van der Waals surface area contributed by atoms with Gasteiger partial charge in [-0.05, 0) is 73.9 Å². The number of anilines is 1. The van der Waals surface area contributed by atoms with Crippen LogP contribution < -0.4 is 16.4 Å². The van der Waals surface area contributed by atoms with E-state index in [4.69, 9.17) is 5.73 Å². The van der Waals surface area contributed by atoms with Crippen LogP contribution in [-0.4, -0.2) is 107 Å². The van der Waals surface area contributed by atoms with Crippen molar-refractivity contribution in [2.75, 3.05) is 31.9 Å². The molecule has 0 saturated carbocycles. The predicted octanol–water partition coefficient (Wildman–Crippen LogP) is 5.73. The van der Waals surface area contributed by atoms with Gasteiger partial charge in [0.1, 0.15) is 17.8 Å². The number of nitrogens with one attached hydrogen (secondary N) is 2. The van der Waals surface area contributed by atoms with Gasteiger partial charge in [0.15, 0.2) is 5.82 Å². The lowest BCUT2D eigenvalue weighted by Gasteiger charge is -2.35. The minimum absolute atomic E-state index is 0.0314. The molecule has 7 rings (SSSR count). The Kier molecular flexibility index (Phi) is 14.0. The topological polar surface area (TPSA) is 205 Å². The van der Waals surface area contributed by atoms with E-state index < -0.39 is 23.6 Å². The third kappa shape index (κ3) is 10.7. The van der Waals surface area contributed by atoms with Gasteiger partial charge >= 0.3 is 0 Å². The smallest absolute Gasteiger partial charge is 0.246 e. The SMILES string of the molecule is Cc1ncsc1-c1ccc(CNC(=O)[C@@H]2C[C@@H](O)CN2C(=O)[C@@H](NC(=O)CCCCCN2CCC(n3cc(-c4cc(-c5ccccc5O)nnc4N)cn3)CC2)C(C)(C)C)cc1. The summed E-state index contributed by atoms with van der Waals surface area (Å²) >= 11 is 1.58. The zero-order chi connectivity index (χ0) is 44.0. The van der Waals surface area contributed by atoms with Crippen molar-refractivity contribution in [3.63, 3.8) is 0 Å². The van der Waals surface area contributed by atoms with Crippen LogP contribution in [0.4, 0.5) is 5.82 Å². The summed E-state index contributed by atoms with van der Waals surface area (Å²) in [5.74, 6) is -0.470. The molecule has 16 heteroatoms. The number of thiazole rings is 1. The highest BCUT2D eigenvalue weighted by molar-refractivity contribution is 7.13. The lowest BCUT2D eigenvalue weighted by atomic mass is 9.85. The third-order valence-corrected chi connectivity index (χ3v) is 12.9. The highest BCUT2D eigenvalue weighted by atomic mass is 32.1. The van der Waals surface area contributed by atoms with Crippen LogP contribution in [0, 0.1) is 12.3 Å². The molecule has 2 aliphatic rings. The first-order chi connectivity index (χ1) is 29.7. The van der Waals surface area contributed by atoms with Gasteiger partial charge in [-0.2, -0.15) is 5.10 Å². The average molecular weight is 863 g/mol. The number of aliphatic hydroxyl groups excluding tert-OH is 1. The molecule has 62 heavy (non-hydrogen) atoms. The Bertz CT molecular complexity index is 2330. The lowest BCUT2D eigenvalue weighted by Crippen LogP contribution is -2.57. The summed E-state index contributed by atoms with van der Waals surface area (Å²) in [4.78, 5) is 50.1. The minimum Gasteiger partial charge on any atom is -0.507 e. The van der Waals surface area contributed by atoms with E-state index in [1.165, 1.54) is 4.90 Å². The Morgan fingerprint density at radius 3 is 2.45 bits per heavy atom. The maximum absolute atomic E-state index is 14.0. The van der Waals surface area contributed by atoms with Crippen LogP contribution in [0.5, 0.6) is 5.75 Å². The summed E-state index contributed by atoms with van der Waals surface area (Å²) in [7, 11) is 0. The first-order valence-corrected chi connectivity index (χ1v) is 22.4. The molecule has 0 spiro atoms. The standard InChI is InChI=1S/C46H58N10O5S/c1-29-41(62-28-49-29)31-15-13-30(14-16-31)24-48-44(60)38-22-34(57)27-55(38)45(61)42(46(2,3)4)51-40(59)12-6-5-9-19-54-20-17-33(18-21-54)56-26-32(25-50-56)36-23-37(52-53-43(36)47)35-10-7-8-11-39(35)58/h7-8,10-11,13-16,23,25-26,28,33-34,38,42,57-58H,5-6,9,12,17-22,24,27H2,1-4H3,(H2,47,53)(H,48,60)(H,51,59)/t34-,38+,42-/m1/s1. The van der Waals surface area contributed by atoms with Gasteiger partial charge in [-0.15, -0.1) is 21.5 Å². The fourth-order valence-electron chi connectivity index (χ4n) is 8.35. The van der Waals surface area contributed by atoms with Crippen molar-refractivity contribution in [1.82, 2.24) is 45.4 Å². The zero-order valence-electron chi connectivity index (χ0n) is 36.0. The molecule has 5 aromatic rings. The molecule has 328 valence electrons. The Hall–Kier alpha value is -5.71. The largest absolute Gasteiger partial charge is 0.507 e. The molecule has 3 amide bonds. The quantitative estimate of drug-likeness (QED) is 0.0804. The van der Waals surface area contributed by atoms with Crippen molar-refractivity contribution >= 4 is 34.9 Å². The van der Waals surface area contributed by atoms with Crippen molar-refractivity contribution in [2.24, 2.45) is 5.41 Å². The molecule has 3 aromatic heterocycles. The number of benzene rings is 2. The third-order valence-electron chi connectivity index (χ3n) is 11.9. The van der Waals surface area contributed by atoms with Crippen LogP contribution in [0.1, 0.15) is 83.0 Å². The van der Waals surface area contributed by atoms with E-state index in [0.29, 0.717) is 35.5 Å². The van der Waals surface area contributed by atoms with Crippen molar-refractivity contribution in [1.29, 1.82) is 0 Å². The molecule has 2 fully saturated rings.